The number of aliphatic carboxylic acids is 3. The third kappa shape index (κ3) is 25.6. The van der Waals surface area contributed by atoms with Gasteiger partial charge in [-0.1, -0.05) is 70.2 Å². The van der Waals surface area contributed by atoms with Gasteiger partial charge >= 0.3 is 17.9 Å². The van der Waals surface area contributed by atoms with Crippen LogP contribution in [0.15, 0.2) is 54.6 Å². The number of nitrogens with two attached hydrogens (primary N) is 3. The Balaban J connectivity index is 2.58. The summed E-state index contributed by atoms with van der Waals surface area (Å²) in [6.45, 7) is 6.30. The lowest BCUT2D eigenvalue weighted by atomic mass is 9.99. The molecular weight excluding hydrogens is 1080 g/mol. The Labute approximate surface area is 471 Å². The summed E-state index contributed by atoms with van der Waals surface area (Å²) in [6, 6.07) is -0.716. The summed E-state index contributed by atoms with van der Waals surface area (Å²) in [5.74, 6) is -15.5. The van der Waals surface area contributed by atoms with E-state index in [2.05, 4.69) is 42.5 Å². The van der Waals surface area contributed by atoms with Crippen LogP contribution >= 0.6 is 11.8 Å². The standard InChI is InChI=1S/C52H75N11O17S/c1-26(2)42(55)50(77)62-37(25-39(54)66)48(75)61-35(24-29-11-13-30(64)14-12-29)47(74)57-32(16-19-40(67)68)44(71)56-33(17-20-41(69)70)46(73)60-36(23-28-9-7-6-8-10-28)49(76)63-43(27(3)4)51(78)58-31(15-18-38(53)65)45(72)59-34(52(79)80)21-22-81-5/h6-14,26-27,31-37,42-43,64H,15-25,55H2,1-5H3,(H2,53,65)(H2,54,66)(H,56,71)(H,57,74)(H,58,78)(H,59,72)(H,60,73)(H,61,75)(H,62,77)(H,63,76)(H,67,68)(H,69,70)(H,79,80). The number of aromatic hydroxyl groups is 1. The summed E-state index contributed by atoms with van der Waals surface area (Å²) in [5, 5.41) is 58.2. The third-order valence-corrected chi connectivity index (χ3v) is 13.0. The van der Waals surface area contributed by atoms with Gasteiger partial charge in [-0.2, -0.15) is 11.8 Å². The topological polar surface area (TPSA) is 477 Å². The van der Waals surface area contributed by atoms with E-state index in [-0.39, 0.29) is 31.4 Å². The van der Waals surface area contributed by atoms with Gasteiger partial charge in [-0.05, 0) is 72.8 Å². The molecule has 9 atom stereocenters. The molecule has 28 nitrogen and oxygen atoms in total. The van der Waals surface area contributed by atoms with Crippen LogP contribution in [-0.2, 0) is 75.2 Å². The van der Waals surface area contributed by atoms with E-state index in [1.165, 1.54) is 49.9 Å². The quantitative estimate of drug-likeness (QED) is 0.0330. The molecule has 10 amide bonds. The molecule has 0 spiro atoms. The average Bonchev–Trinajstić information content (AvgIpc) is 3.41. The number of hydrogen-bond acceptors (Lipinski definition) is 16. The first-order valence-corrected chi connectivity index (χ1v) is 27.1. The monoisotopic (exact) mass is 1160 g/mol. The SMILES string of the molecule is CSCCC(NC(=O)C(CCC(N)=O)NC(=O)C(NC(=O)C(Cc1ccccc1)NC(=O)C(CCC(=O)O)NC(=O)C(CCC(=O)O)NC(=O)C(Cc1ccc(O)cc1)NC(=O)C(CC(N)=O)NC(=O)C(N)C(C)C)C(C)C)C(=O)O. The maximum Gasteiger partial charge on any atom is 0.326 e. The third-order valence-electron chi connectivity index (χ3n) is 12.3. The number of rotatable bonds is 37. The number of phenolic OH excluding ortho intramolecular Hbond substituents is 1. The van der Waals surface area contributed by atoms with Crippen LogP contribution in [0.25, 0.3) is 0 Å². The predicted octanol–water partition coefficient (Wildman–Crippen LogP) is -2.60. The van der Waals surface area contributed by atoms with Crippen LogP contribution in [0.3, 0.4) is 0 Å². The molecule has 0 saturated heterocycles. The van der Waals surface area contributed by atoms with Crippen molar-refractivity contribution in [3.63, 3.8) is 0 Å². The summed E-state index contributed by atoms with van der Waals surface area (Å²) < 4.78 is 0. The smallest absolute Gasteiger partial charge is 0.326 e. The molecule has 446 valence electrons. The van der Waals surface area contributed by atoms with Gasteiger partial charge in [-0.15, -0.1) is 0 Å². The van der Waals surface area contributed by atoms with Gasteiger partial charge in [0.15, 0.2) is 0 Å². The van der Waals surface area contributed by atoms with Crippen molar-refractivity contribution in [3.05, 3.63) is 65.7 Å². The highest BCUT2D eigenvalue weighted by atomic mass is 32.2. The number of hydrogen-bond donors (Lipinski definition) is 15. The minimum absolute atomic E-state index is 0.0204. The van der Waals surface area contributed by atoms with Gasteiger partial charge in [0.2, 0.25) is 59.1 Å². The molecule has 2 aromatic carbocycles. The fourth-order valence-corrected chi connectivity index (χ4v) is 8.12. The van der Waals surface area contributed by atoms with Crippen molar-refractivity contribution in [2.45, 2.75) is 146 Å². The van der Waals surface area contributed by atoms with Gasteiger partial charge in [0.25, 0.3) is 0 Å². The zero-order valence-electron chi connectivity index (χ0n) is 45.6. The van der Waals surface area contributed by atoms with Crippen LogP contribution in [0, 0.1) is 11.8 Å². The van der Waals surface area contributed by atoms with E-state index in [1.54, 1.807) is 50.4 Å². The normalized spacial score (nSPS) is 14.4. The molecule has 0 bridgehead atoms. The first kappa shape index (κ1) is 68.8. The molecule has 9 unspecified atom stereocenters. The van der Waals surface area contributed by atoms with Gasteiger partial charge in [0.1, 0.15) is 54.1 Å². The zero-order chi connectivity index (χ0) is 61.1. The molecule has 0 fully saturated rings. The highest BCUT2D eigenvalue weighted by Gasteiger charge is 2.37. The Morgan fingerprint density at radius 3 is 1.27 bits per heavy atom. The molecule has 0 aliphatic carbocycles. The van der Waals surface area contributed by atoms with Crippen molar-refractivity contribution < 1.29 is 82.8 Å². The van der Waals surface area contributed by atoms with E-state index >= 15 is 0 Å². The van der Waals surface area contributed by atoms with Gasteiger partial charge < -0.3 is 80.2 Å². The fourth-order valence-electron chi connectivity index (χ4n) is 7.65. The Bertz CT molecular complexity index is 2540. The lowest BCUT2D eigenvalue weighted by Gasteiger charge is -2.29. The molecule has 0 radical (unpaired) electrons. The predicted molar refractivity (Wildman–Crippen MR) is 292 cm³/mol. The lowest BCUT2D eigenvalue weighted by Crippen LogP contribution is -2.61. The van der Waals surface area contributed by atoms with Crippen LogP contribution in [0.2, 0.25) is 0 Å². The van der Waals surface area contributed by atoms with E-state index in [0.29, 0.717) is 16.9 Å². The maximum absolute atomic E-state index is 14.3. The largest absolute Gasteiger partial charge is 0.508 e. The summed E-state index contributed by atoms with van der Waals surface area (Å²) in [6.07, 6.45) is -3.27. The average molecular weight is 1160 g/mol. The van der Waals surface area contributed by atoms with Crippen LogP contribution in [0.1, 0.15) is 90.2 Å². The molecule has 2 aromatic rings. The molecule has 0 aliphatic rings. The second-order valence-corrected chi connectivity index (χ2v) is 20.6. The number of phenols is 1. The van der Waals surface area contributed by atoms with Crippen LogP contribution < -0.4 is 59.7 Å². The van der Waals surface area contributed by atoms with E-state index in [1.807, 2.05) is 0 Å². The Morgan fingerprint density at radius 1 is 0.457 bits per heavy atom. The van der Waals surface area contributed by atoms with Crippen molar-refractivity contribution in [2.24, 2.45) is 29.0 Å². The van der Waals surface area contributed by atoms with Crippen molar-refractivity contribution in [1.29, 1.82) is 0 Å². The summed E-state index contributed by atoms with van der Waals surface area (Å²) in [7, 11) is 0. The number of carbonyl (C=O) groups excluding carboxylic acids is 10. The van der Waals surface area contributed by atoms with E-state index in [4.69, 9.17) is 17.2 Å². The number of carboxylic acids is 3. The van der Waals surface area contributed by atoms with Crippen molar-refractivity contribution in [1.82, 2.24) is 42.5 Å². The number of primary amides is 2. The minimum Gasteiger partial charge on any atom is -0.508 e. The highest BCUT2D eigenvalue weighted by molar-refractivity contribution is 7.98. The minimum atomic E-state index is -1.84. The molecular formula is C52H75N11O17S. The van der Waals surface area contributed by atoms with Gasteiger partial charge in [0, 0.05) is 32.1 Å². The molecule has 29 heteroatoms. The van der Waals surface area contributed by atoms with Gasteiger partial charge in [0.05, 0.1) is 12.5 Å². The van der Waals surface area contributed by atoms with Crippen LogP contribution in [0.5, 0.6) is 5.75 Å². The first-order valence-electron chi connectivity index (χ1n) is 25.8. The second-order valence-electron chi connectivity index (χ2n) is 19.6. The van der Waals surface area contributed by atoms with Crippen molar-refractivity contribution in [2.75, 3.05) is 12.0 Å². The number of thioether (sulfide) groups is 1. The number of benzene rings is 2. The molecule has 0 aromatic heterocycles. The molecule has 81 heavy (non-hydrogen) atoms. The Kier molecular flexibility index (Phi) is 29.4. The van der Waals surface area contributed by atoms with Crippen LogP contribution in [-0.4, -0.2) is 164 Å². The molecule has 0 aliphatic heterocycles. The summed E-state index contributed by atoms with van der Waals surface area (Å²) >= 11 is 1.32. The molecule has 18 N–H and O–H groups in total. The van der Waals surface area contributed by atoms with Crippen molar-refractivity contribution in [3.8, 4) is 5.75 Å². The van der Waals surface area contributed by atoms with E-state index < -0.39 is 182 Å². The molecule has 0 saturated carbocycles. The molecule has 2 rings (SSSR count). The van der Waals surface area contributed by atoms with E-state index in [0.717, 1.165) is 0 Å². The lowest BCUT2D eigenvalue weighted by molar-refractivity contribution is -0.142. The fraction of sp³-hybridized carbons (Fsp3) is 0.519. The number of carbonyl (C=O) groups is 13. The summed E-state index contributed by atoms with van der Waals surface area (Å²) in [4.78, 5) is 171. The first-order chi connectivity index (χ1) is 38.0. The highest BCUT2D eigenvalue weighted by Crippen LogP contribution is 2.15. The number of amides is 10. The van der Waals surface area contributed by atoms with E-state index in [9.17, 15) is 82.8 Å². The second kappa shape index (κ2) is 34.6. The summed E-state index contributed by atoms with van der Waals surface area (Å²) in [5.41, 5.74) is 17.4. The van der Waals surface area contributed by atoms with Crippen molar-refractivity contribution >= 4 is 88.7 Å². The Hall–Kier alpha value is -8.34. The Morgan fingerprint density at radius 2 is 0.852 bits per heavy atom. The maximum atomic E-state index is 14.3. The molecule has 0 heterocycles. The van der Waals surface area contributed by atoms with Crippen LogP contribution in [0.4, 0.5) is 0 Å². The number of carboxylic acid groups (broad SMARTS) is 3. The number of nitrogens with one attached hydrogen (secondary N) is 8. The zero-order valence-corrected chi connectivity index (χ0v) is 46.4. The van der Waals surface area contributed by atoms with Gasteiger partial charge in [-0.3, -0.25) is 57.5 Å². The van der Waals surface area contributed by atoms with Gasteiger partial charge in [-0.25, -0.2) is 4.79 Å².